The van der Waals surface area contributed by atoms with Gasteiger partial charge in [-0.15, -0.1) is 0 Å². The molecule has 0 fully saturated rings. The third-order valence-corrected chi connectivity index (χ3v) is 2.26. The predicted molar refractivity (Wildman–Crippen MR) is 48.0 cm³/mol. The zero-order chi connectivity index (χ0) is 8.81. The number of hydrogen-bond donors (Lipinski definition) is 1. The van der Waals surface area contributed by atoms with Gasteiger partial charge >= 0.3 is 5.97 Å². The van der Waals surface area contributed by atoms with E-state index in [0.29, 0.717) is 0 Å². The van der Waals surface area contributed by atoms with Gasteiger partial charge < -0.3 is 5.11 Å². The minimum Gasteiger partial charge on any atom is -0.481 e. The van der Waals surface area contributed by atoms with E-state index in [9.17, 15) is 4.79 Å². The maximum atomic E-state index is 10.4. The Morgan fingerprint density at radius 3 is 2.83 bits per heavy atom. The Bertz CT molecular complexity index is 182. The minimum atomic E-state index is -0.693. The maximum Gasteiger partial charge on any atom is 0.307 e. The molecule has 0 aliphatic heterocycles. The standard InChI is InChI=1S/C10H16O2/c11-10(12)8-9-6-4-2-1-3-5-7-9/h6H,1-5,7-8H2,(H,11,12)/b9-6+. The summed E-state index contributed by atoms with van der Waals surface area (Å²) in [6, 6.07) is 0. The number of carboxylic acid groups (broad SMARTS) is 1. The van der Waals surface area contributed by atoms with Gasteiger partial charge in [0.2, 0.25) is 0 Å². The quantitative estimate of drug-likeness (QED) is 0.644. The van der Waals surface area contributed by atoms with Crippen molar-refractivity contribution in [2.75, 3.05) is 0 Å². The minimum absolute atomic E-state index is 0.250. The van der Waals surface area contributed by atoms with Crippen LogP contribution in [-0.2, 0) is 4.79 Å². The van der Waals surface area contributed by atoms with Crippen LogP contribution in [0.3, 0.4) is 0 Å². The molecule has 0 radical (unpaired) electrons. The lowest BCUT2D eigenvalue weighted by molar-refractivity contribution is -0.136. The molecular formula is C10H16O2. The van der Waals surface area contributed by atoms with E-state index in [-0.39, 0.29) is 6.42 Å². The molecule has 0 unspecified atom stereocenters. The lowest BCUT2D eigenvalue weighted by atomic mass is 9.98. The van der Waals surface area contributed by atoms with E-state index in [0.717, 1.165) is 18.4 Å². The molecule has 12 heavy (non-hydrogen) atoms. The van der Waals surface area contributed by atoms with Crippen molar-refractivity contribution in [3.63, 3.8) is 0 Å². The molecule has 0 aromatic rings. The molecule has 0 spiro atoms. The van der Waals surface area contributed by atoms with Crippen LogP contribution in [-0.4, -0.2) is 11.1 Å². The molecule has 2 nitrogen and oxygen atoms in total. The van der Waals surface area contributed by atoms with Crippen molar-refractivity contribution in [1.29, 1.82) is 0 Å². The van der Waals surface area contributed by atoms with Crippen LogP contribution in [0.5, 0.6) is 0 Å². The van der Waals surface area contributed by atoms with E-state index in [2.05, 4.69) is 6.08 Å². The van der Waals surface area contributed by atoms with Gasteiger partial charge in [-0.25, -0.2) is 0 Å². The molecule has 0 heterocycles. The number of hydrogen-bond acceptors (Lipinski definition) is 1. The van der Waals surface area contributed by atoms with E-state index < -0.39 is 5.97 Å². The first kappa shape index (κ1) is 9.30. The van der Waals surface area contributed by atoms with Crippen LogP contribution in [0.25, 0.3) is 0 Å². The van der Waals surface area contributed by atoms with E-state index in [1.807, 2.05) is 0 Å². The average Bonchev–Trinajstić information content (AvgIpc) is 1.93. The van der Waals surface area contributed by atoms with E-state index in [1.165, 1.54) is 25.7 Å². The number of rotatable bonds is 2. The van der Waals surface area contributed by atoms with Gasteiger partial charge in [-0.1, -0.05) is 24.5 Å². The first-order chi connectivity index (χ1) is 5.79. The molecule has 2 heteroatoms. The van der Waals surface area contributed by atoms with Crippen molar-refractivity contribution in [1.82, 2.24) is 0 Å². The highest BCUT2D eigenvalue weighted by atomic mass is 16.4. The van der Waals surface area contributed by atoms with Crippen LogP contribution >= 0.6 is 0 Å². The molecule has 1 aliphatic carbocycles. The second kappa shape index (κ2) is 4.96. The maximum absolute atomic E-state index is 10.4. The van der Waals surface area contributed by atoms with Gasteiger partial charge in [-0.05, 0) is 25.7 Å². The summed E-state index contributed by atoms with van der Waals surface area (Å²) in [6.45, 7) is 0. The largest absolute Gasteiger partial charge is 0.481 e. The summed E-state index contributed by atoms with van der Waals surface area (Å²) in [5.41, 5.74) is 1.13. The molecule has 0 amide bonds. The van der Waals surface area contributed by atoms with Crippen molar-refractivity contribution in [3.05, 3.63) is 11.6 Å². The Balaban J connectivity index is 2.41. The van der Waals surface area contributed by atoms with Gasteiger partial charge in [0.1, 0.15) is 0 Å². The summed E-state index contributed by atoms with van der Waals surface area (Å²) in [5.74, 6) is -0.693. The molecule has 0 aromatic carbocycles. The molecule has 0 saturated heterocycles. The highest BCUT2D eigenvalue weighted by Crippen LogP contribution is 2.18. The SMILES string of the molecule is O=C(O)C/C1=C/CCCCCC1. The third-order valence-electron chi connectivity index (χ3n) is 2.26. The van der Waals surface area contributed by atoms with E-state index in [1.54, 1.807) is 0 Å². The van der Waals surface area contributed by atoms with Gasteiger partial charge in [0.15, 0.2) is 0 Å². The molecule has 1 aliphatic rings. The molecule has 1 N–H and O–H groups in total. The Morgan fingerprint density at radius 1 is 1.33 bits per heavy atom. The number of aliphatic carboxylic acids is 1. The summed E-state index contributed by atoms with van der Waals surface area (Å²) in [4.78, 5) is 10.4. The highest BCUT2D eigenvalue weighted by Gasteiger charge is 2.05. The average molecular weight is 168 g/mol. The van der Waals surface area contributed by atoms with Gasteiger partial charge in [0.25, 0.3) is 0 Å². The van der Waals surface area contributed by atoms with Gasteiger partial charge in [0.05, 0.1) is 6.42 Å². The predicted octanol–water partition coefficient (Wildman–Crippen LogP) is 2.74. The Hall–Kier alpha value is -0.790. The molecule has 1 rings (SSSR count). The molecule has 0 saturated carbocycles. The smallest absolute Gasteiger partial charge is 0.307 e. The first-order valence-electron chi connectivity index (χ1n) is 4.69. The third kappa shape index (κ3) is 3.56. The summed E-state index contributed by atoms with van der Waals surface area (Å²) in [7, 11) is 0. The lowest BCUT2D eigenvalue weighted by Crippen LogP contribution is -1.99. The fourth-order valence-electron chi connectivity index (χ4n) is 1.61. The van der Waals surface area contributed by atoms with Crippen LogP contribution in [0.1, 0.15) is 44.9 Å². The molecule has 0 atom stereocenters. The van der Waals surface area contributed by atoms with Crippen molar-refractivity contribution in [2.45, 2.75) is 44.9 Å². The summed E-state index contributed by atoms with van der Waals surface area (Å²) in [5, 5.41) is 8.59. The lowest BCUT2D eigenvalue weighted by Gasteiger charge is -2.08. The monoisotopic (exact) mass is 168 g/mol. The van der Waals surface area contributed by atoms with E-state index >= 15 is 0 Å². The van der Waals surface area contributed by atoms with Crippen molar-refractivity contribution >= 4 is 5.97 Å². The van der Waals surface area contributed by atoms with Gasteiger partial charge in [-0.2, -0.15) is 0 Å². The Labute approximate surface area is 73.3 Å². The van der Waals surface area contributed by atoms with Crippen LogP contribution in [0, 0.1) is 0 Å². The van der Waals surface area contributed by atoms with Crippen molar-refractivity contribution in [3.8, 4) is 0 Å². The summed E-state index contributed by atoms with van der Waals surface area (Å²) < 4.78 is 0. The first-order valence-corrected chi connectivity index (χ1v) is 4.69. The zero-order valence-corrected chi connectivity index (χ0v) is 7.38. The van der Waals surface area contributed by atoms with Crippen LogP contribution in [0.15, 0.2) is 11.6 Å². The van der Waals surface area contributed by atoms with Crippen LogP contribution < -0.4 is 0 Å². The van der Waals surface area contributed by atoms with Crippen LogP contribution in [0.2, 0.25) is 0 Å². The van der Waals surface area contributed by atoms with Gasteiger partial charge in [-0.3, -0.25) is 4.79 Å². The summed E-state index contributed by atoms with van der Waals surface area (Å²) >= 11 is 0. The Kier molecular flexibility index (Phi) is 3.85. The molecule has 0 aromatic heterocycles. The second-order valence-corrected chi connectivity index (χ2v) is 3.39. The van der Waals surface area contributed by atoms with Crippen LogP contribution in [0.4, 0.5) is 0 Å². The highest BCUT2D eigenvalue weighted by molar-refractivity contribution is 5.69. The Morgan fingerprint density at radius 2 is 2.08 bits per heavy atom. The van der Waals surface area contributed by atoms with Gasteiger partial charge in [0, 0.05) is 0 Å². The fourth-order valence-corrected chi connectivity index (χ4v) is 1.61. The molecule has 0 bridgehead atoms. The second-order valence-electron chi connectivity index (χ2n) is 3.39. The van der Waals surface area contributed by atoms with Crippen molar-refractivity contribution < 1.29 is 9.90 Å². The number of carbonyl (C=O) groups is 1. The van der Waals surface area contributed by atoms with Crippen molar-refractivity contribution in [2.24, 2.45) is 0 Å². The summed E-state index contributed by atoms with van der Waals surface area (Å²) in [6.07, 6.45) is 9.39. The molecule has 68 valence electrons. The number of carboxylic acids is 1. The van der Waals surface area contributed by atoms with E-state index in [4.69, 9.17) is 5.11 Å². The molecular weight excluding hydrogens is 152 g/mol. The zero-order valence-electron chi connectivity index (χ0n) is 7.38. The normalized spacial score (nSPS) is 23.5. The topological polar surface area (TPSA) is 37.3 Å². The number of allylic oxidation sites excluding steroid dienone is 1. The fraction of sp³-hybridized carbons (Fsp3) is 0.700.